The van der Waals surface area contributed by atoms with Gasteiger partial charge in [0.15, 0.2) is 17.1 Å². The van der Waals surface area contributed by atoms with Crippen molar-refractivity contribution in [3.8, 4) is 23.0 Å². The monoisotopic (exact) mass is 411 g/mol. The molecule has 1 heterocycles. The van der Waals surface area contributed by atoms with E-state index in [1.165, 1.54) is 12.1 Å². The summed E-state index contributed by atoms with van der Waals surface area (Å²) in [5.74, 6) is 0.810. The van der Waals surface area contributed by atoms with Crippen LogP contribution in [-0.2, 0) is 12.8 Å². The second-order valence-electron chi connectivity index (χ2n) is 8.03. The average molecular weight is 412 g/mol. The molecule has 0 bridgehead atoms. The van der Waals surface area contributed by atoms with E-state index in [1.54, 1.807) is 12.3 Å². The Labute approximate surface area is 176 Å². The number of rotatable bonds is 6. The summed E-state index contributed by atoms with van der Waals surface area (Å²) < 4.78 is 6.37. The fraction of sp³-hybridized carbons (Fsp3) is 0.391. The fourth-order valence-corrected chi connectivity index (χ4v) is 3.84. The van der Waals surface area contributed by atoms with E-state index in [2.05, 4.69) is 10.4 Å². The van der Waals surface area contributed by atoms with Gasteiger partial charge < -0.3 is 25.4 Å². The summed E-state index contributed by atoms with van der Waals surface area (Å²) >= 11 is 0. The van der Waals surface area contributed by atoms with Gasteiger partial charge in [0.25, 0.3) is 0 Å². The molecule has 0 saturated carbocycles. The van der Waals surface area contributed by atoms with Gasteiger partial charge in [0.05, 0.1) is 0 Å². The van der Waals surface area contributed by atoms with E-state index in [1.807, 2.05) is 27.7 Å². The highest BCUT2D eigenvalue weighted by Crippen LogP contribution is 2.45. The number of benzene rings is 2. The number of phenols is 3. The van der Waals surface area contributed by atoms with Crippen LogP contribution in [0.3, 0.4) is 0 Å². The second-order valence-corrected chi connectivity index (χ2v) is 8.03. The highest BCUT2D eigenvalue weighted by Gasteiger charge is 2.38. The normalized spacial score (nSPS) is 18.5. The van der Waals surface area contributed by atoms with Gasteiger partial charge in [0, 0.05) is 18.3 Å². The van der Waals surface area contributed by atoms with Crippen LogP contribution in [0.5, 0.6) is 23.0 Å². The highest BCUT2D eigenvalue weighted by molar-refractivity contribution is 5.58. The third kappa shape index (κ3) is 3.92. The van der Waals surface area contributed by atoms with Crippen LogP contribution in [0.15, 0.2) is 35.2 Å². The molecule has 2 aromatic rings. The number of phenolic OH excluding ortho intramolecular Hbond substituents is 3. The smallest absolute Gasteiger partial charge is 0.157 e. The Morgan fingerprint density at radius 1 is 1.17 bits per heavy atom. The third-order valence-electron chi connectivity index (χ3n) is 6.02. The summed E-state index contributed by atoms with van der Waals surface area (Å²) in [5, 5.41) is 36.2. The number of hydrogen-bond donors (Lipinski definition) is 5. The Morgan fingerprint density at radius 2 is 1.90 bits per heavy atom. The second kappa shape index (κ2) is 8.26. The van der Waals surface area contributed by atoms with Crippen molar-refractivity contribution < 1.29 is 20.1 Å². The van der Waals surface area contributed by atoms with Gasteiger partial charge in [-0.3, -0.25) is 0 Å². The maximum Gasteiger partial charge on any atom is 0.157 e. The Balaban J connectivity index is 1.75. The van der Waals surface area contributed by atoms with Crippen LogP contribution >= 0.6 is 0 Å². The number of nitrogens with one attached hydrogen (secondary N) is 2. The van der Waals surface area contributed by atoms with Crippen molar-refractivity contribution in [3.05, 3.63) is 57.9 Å². The van der Waals surface area contributed by atoms with Crippen LogP contribution in [0, 0.1) is 26.3 Å². The maximum absolute atomic E-state index is 10.3. The van der Waals surface area contributed by atoms with Gasteiger partial charge in [-0.1, -0.05) is 6.07 Å². The Hall–Kier alpha value is -3.22. The lowest BCUT2D eigenvalue weighted by atomic mass is 9.86. The lowest BCUT2D eigenvalue weighted by molar-refractivity contribution is 0.0970. The lowest BCUT2D eigenvalue weighted by Gasteiger charge is -2.37. The van der Waals surface area contributed by atoms with Gasteiger partial charge in [-0.05, 0) is 81.3 Å². The van der Waals surface area contributed by atoms with E-state index in [0.29, 0.717) is 30.8 Å². The van der Waals surface area contributed by atoms with Crippen molar-refractivity contribution in [3.63, 3.8) is 0 Å². The first kappa shape index (κ1) is 21.5. The van der Waals surface area contributed by atoms with Crippen molar-refractivity contribution in [1.82, 2.24) is 5.32 Å². The summed E-state index contributed by atoms with van der Waals surface area (Å²) in [5.41, 5.74) is 11.9. The molecule has 1 aliphatic rings. The fourth-order valence-electron chi connectivity index (χ4n) is 3.84. The minimum absolute atomic E-state index is 0.140. The summed E-state index contributed by atoms with van der Waals surface area (Å²) in [6, 6.07) is 4.74. The zero-order chi connectivity index (χ0) is 22.1. The Morgan fingerprint density at radius 3 is 2.57 bits per heavy atom. The van der Waals surface area contributed by atoms with E-state index >= 15 is 0 Å². The molecule has 7 heteroatoms. The molecule has 7 nitrogen and oxygen atoms in total. The van der Waals surface area contributed by atoms with E-state index in [4.69, 9.17) is 10.3 Å². The van der Waals surface area contributed by atoms with Crippen molar-refractivity contribution in [2.45, 2.75) is 52.6 Å². The first-order valence-electron chi connectivity index (χ1n) is 10.0. The highest BCUT2D eigenvalue weighted by atomic mass is 16.5. The largest absolute Gasteiger partial charge is 0.507 e. The molecule has 1 aliphatic heterocycles. The number of ether oxygens (including phenoxy) is 1. The molecule has 1 unspecified atom stereocenters. The van der Waals surface area contributed by atoms with Gasteiger partial charge in [-0.15, -0.1) is 0 Å². The van der Waals surface area contributed by atoms with Crippen molar-refractivity contribution >= 4 is 0 Å². The molecular formula is C23H29N3O4. The zero-order valence-corrected chi connectivity index (χ0v) is 17.8. The molecule has 160 valence electrons. The van der Waals surface area contributed by atoms with Gasteiger partial charge >= 0.3 is 0 Å². The van der Waals surface area contributed by atoms with Crippen LogP contribution in [0.1, 0.15) is 41.2 Å². The number of nitrogens with zero attached hydrogens (tertiary/aromatic N) is 1. The van der Waals surface area contributed by atoms with Crippen molar-refractivity contribution in [2.75, 3.05) is 6.54 Å². The van der Waals surface area contributed by atoms with Crippen molar-refractivity contribution in [2.24, 2.45) is 5.11 Å². The molecule has 3 rings (SSSR count). The van der Waals surface area contributed by atoms with E-state index in [0.717, 1.165) is 40.0 Å². The minimum Gasteiger partial charge on any atom is -0.507 e. The SMILES string of the molecule is Cc1c(C)c2c(c(C)c1O)CCC(C)(/C(=C/NCCc1ccc(O)c(O)c1)N=N)O2. The van der Waals surface area contributed by atoms with Crippen LogP contribution in [0.2, 0.25) is 0 Å². The summed E-state index contributed by atoms with van der Waals surface area (Å²) in [7, 11) is 0. The molecule has 30 heavy (non-hydrogen) atoms. The molecule has 0 saturated heterocycles. The van der Waals surface area contributed by atoms with Gasteiger partial charge in [0.2, 0.25) is 0 Å². The molecule has 0 radical (unpaired) electrons. The number of fused-ring (bicyclic) bond motifs is 1. The maximum atomic E-state index is 10.3. The molecule has 5 N–H and O–H groups in total. The van der Waals surface area contributed by atoms with E-state index < -0.39 is 5.60 Å². The van der Waals surface area contributed by atoms with Crippen molar-refractivity contribution in [1.29, 1.82) is 5.53 Å². The van der Waals surface area contributed by atoms with Crippen LogP contribution < -0.4 is 10.1 Å². The standard InChI is InChI=1S/C23H29N3O4/c1-13-14(2)22-17(15(3)21(13)29)7-9-23(4,30-22)20(26-24)12-25-10-8-16-5-6-18(27)19(28)11-16/h5-6,11-12,24-25,27-29H,7-10H2,1-4H3/b20-12-,26-24?. The molecule has 1 atom stereocenters. The number of aromatic hydroxyl groups is 3. The first-order valence-corrected chi connectivity index (χ1v) is 10.0. The Kier molecular flexibility index (Phi) is 5.92. The quantitative estimate of drug-likeness (QED) is 0.272. The summed E-state index contributed by atoms with van der Waals surface area (Å²) in [6.45, 7) is 8.21. The summed E-state index contributed by atoms with van der Waals surface area (Å²) in [4.78, 5) is 0. The average Bonchev–Trinajstić information content (AvgIpc) is 2.73. The molecule has 0 aromatic heterocycles. The first-order chi connectivity index (χ1) is 14.2. The van der Waals surface area contributed by atoms with Gasteiger partial charge in [0.1, 0.15) is 17.2 Å². The molecule has 0 fully saturated rings. The predicted octanol–water partition coefficient (Wildman–Crippen LogP) is 4.52. The Bertz CT molecular complexity index is 1020. The van der Waals surface area contributed by atoms with Gasteiger partial charge in [-0.25, -0.2) is 5.53 Å². The minimum atomic E-state index is -0.751. The third-order valence-corrected chi connectivity index (χ3v) is 6.02. The molecule has 2 aromatic carbocycles. The molecule has 0 amide bonds. The van der Waals surface area contributed by atoms with Crippen LogP contribution in [-0.4, -0.2) is 27.5 Å². The van der Waals surface area contributed by atoms with Gasteiger partial charge in [-0.2, -0.15) is 5.11 Å². The van der Waals surface area contributed by atoms with Crippen LogP contribution in [0.4, 0.5) is 0 Å². The molecular weight excluding hydrogens is 382 g/mol. The van der Waals surface area contributed by atoms with E-state index in [-0.39, 0.29) is 11.5 Å². The molecule has 0 aliphatic carbocycles. The van der Waals surface area contributed by atoms with E-state index in [9.17, 15) is 15.3 Å². The molecule has 0 spiro atoms. The van der Waals surface area contributed by atoms with Crippen LogP contribution in [0.25, 0.3) is 0 Å². The topological polar surface area (TPSA) is 118 Å². The lowest BCUT2D eigenvalue weighted by Crippen LogP contribution is -2.39. The number of hydrogen-bond acceptors (Lipinski definition) is 7. The summed E-state index contributed by atoms with van der Waals surface area (Å²) in [6.07, 6.45) is 3.71. The zero-order valence-electron chi connectivity index (χ0n) is 17.8. The predicted molar refractivity (Wildman–Crippen MR) is 114 cm³/mol.